The molecule has 0 saturated carbocycles. The molecule has 2 aromatic rings. The van der Waals surface area contributed by atoms with E-state index >= 15 is 0 Å². The summed E-state index contributed by atoms with van der Waals surface area (Å²) in [5, 5.41) is 19.1. The van der Waals surface area contributed by atoms with Crippen molar-refractivity contribution in [3.05, 3.63) is 27.9 Å². The van der Waals surface area contributed by atoms with Crippen LogP contribution in [0.25, 0.3) is 10.6 Å². The van der Waals surface area contributed by atoms with E-state index in [1.807, 2.05) is 0 Å². The fourth-order valence-corrected chi connectivity index (χ4v) is 2.97. The second kappa shape index (κ2) is 7.60. The van der Waals surface area contributed by atoms with Crippen molar-refractivity contribution >= 4 is 22.7 Å². The van der Waals surface area contributed by atoms with Crippen LogP contribution in [0.4, 0.5) is 0 Å². The predicted octanol–water partition coefficient (Wildman–Crippen LogP) is 1.97. The molecule has 0 fully saturated rings. The molecule has 0 aliphatic rings. The highest BCUT2D eigenvalue weighted by Gasteiger charge is 2.04. The van der Waals surface area contributed by atoms with Gasteiger partial charge < -0.3 is 15.2 Å². The normalized spacial score (nSPS) is 10.9. The molecular weight excluding hydrogens is 268 g/mol. The first-order valence-electron chi connectivity index (χ1n) is 5.76. The molecule has 2 N–H and O–H groups in total. The molecule has 0 amide bonds. The first kappa shape index (κ1) is 13.6. The Morgan fingerprint density at radius 2 is 2.28 bits per heavy atom. The molecule has 0 saturated heterocycles. The Bertz CT molecular complexity index is 443. The standard InChI is InChI=1S/C12H16N2O2S2/c15-3-5-16-4-2-13-7-11-9-18-12(14-11)10-1-6-17-8-10/h1,6,8-9,13,15H,2-5,7H2. The summed E-state index contributed by atoms with van der Waals surface area (Å²) in [6, 6.07) is 2.09. The SMILES string of the molecule is OCCOCCNCc1csc(-c2ccsc2)n1. The maximum Gasteiger partial charge on any atom is 0.124 e. The quantitative estimate of drug-likeness (QED) is 0.728. The summed E-state index contributed by atoms with van der Waals surface area (Å²) in [4.78, 5) is 4.57. The summed E-state index contributed by atoms with van der Waals surface area (Å²) in [5.74, 6) is 0. The van der Waals surface area contributed by atoms with Gasteiger partial charge in [0.2, 0.25) is 0 Å². The van der Waals surface area contributed by atoms with Gasteiger partial charge in [0.15, 0.2) is 0 Å². The maximum absolute atomic E-state index is 8.54. The number of aromatic nitrogens is 1. The molecule has 2 aromatic heterocycles. The first-order chi connectivity index (χ1) is 8.90. The lowest BCUT2D eigenvalue weighted by Gasteiger charge is -2.03. The van der Waals surface area contributed by atoms with Gasteiger partial charge in [0.05, 0.1) is 25.5 Å². The van der Waals surface area contributed by atoms with Crippen molar-refractivity contribution in [1.82, 2.24) is 10.3 Å². The van der Waals surface area contributed by atoms with Gasteiger partial charge >= 0.3 is 0 Å². The van der Waals surface area contributed by atoms with Crippen LogP contribution in [0, 0.1) is 0 Å². The Balaban J connectivity index is 1.71. The Morgan fingerprint density at radius 3 is 3.06 bits per heavy atom. The number of thiazole rings is 1. The van der Waals surface area contributed by atoms with E-state index in [-0.39, 0.29) is 6.61 Å². The van der Waals surface area contributed by atoms with Crippen LogP contribution in [-0.4, -0.2) is 36.5 Å². The average molecular weight is 284 g/mol. The number of thiophene rings is 1. The molecule has 2 rings (SSSR count). The monoisotopic (exact) mass is 284 g/mol. The maximum atomic E-state index is 8.54. The molecule has 98 valence electrons. The molecule has 0 atom stereocenters. The lowest BCUT2D eigenvalue weighted by Crippen LogP contribution is -2.20. The van der Waals surface area contributed by atoms with E-state index in [1.165, 1.54) is 5.56 Å². The van der Waals surface area contributed by atoms with E-state index in [0.717, 1.165) is 23.8 Å². The minimum absolute atomic E-state index is 0.0795. The topological polar surface area (TPSA) is 54.4 Å². The molecule has 6 heteroatoms. The molecule has 0 radical (unpaired) electrons. The number of rotatable bonds is 8. The van der Waals surface area contributed by atoms with E-state index in [1.54, 1.807) is 22.7 Å². The van der Waals surface area contributed by atoms with Gasteiger partial charge in [0.1, 0.15) is 5.01 Å². The van der Waals surface area contributed by atoms with E-state index in [2.05, 4.69) is 32.5 Å². The molecule has 4 nitrogen and oxygen atoms in total. The summed E-state index contributed by atoms with van der Waals surface area (Å²) < 4.78 is 5.16. The summed E-state index contributed by atoms with van der Waals surface area (Å²) in [5.41, 5.74) is 2.26. The van der Waals surface area contributed by atoms with E-state index in [9.17, 15) is 0 Å². The van der Waals surface area contributed by atoms with Crippen LogP contribution in [-0.2, 0) is 11.3 Å². The molecule has 0 bridgehead atoms. The highest BCUT2D eigenvalue weighted by molar-refractivity contribution is 7.14. The highest BCUT2D eigenvalue weighted by Crippen LogP contribution is 2.25. The molecule has 2 heterocycles. The fourth-order valence-electron chi connectivity index (χ4n) is 1.43. The Hall–Kier alpha value is -0.790. The van der Waals surface area contributed by atoms with Crippen LogP contribution >= 0.6 is 22.7 Å². The van der Waals surface area contributed by atoms with Crippen molar-refractivity contribution < 1.29 is 9.84 Å². The molecule has 18 heavy (non-hydrogen) atoms. The fraction of sp³-hybridized carbons (Fsp3) is 0.417. The van der Waals surface area contributed by atoms with Gasteiger partial charge in [0, 0.05) is 29.4 Å². The molecule has 0 unspecified atom stereocenters. The van der Waals surface area contributed by atoms with Gasteiger partial charge in [-0.2, -0.15) is 11.3 Å². The summed E-state index contributed by atoms with van der Waals surface area (Å²) in [7, 11) is 0. The molecule has 0 aliphatic carbocycles. The third-order valence-electron chi connectivity index (χ3n) is 2.28. The first-order valence-corrected chi connectivity index (χ1v) is 7.58. The summed E-state index contributed by atoms with van der Waals surface area (Å²) in [6.45, 7) is 2.62. The van der Waals surface area contributed by atoms with Gasteiger partial charge in [0.25, 0.3) is 0 Å². The number of aliphatic hydroxyl groups excluding tert-OH is 1. The van der Waals surface area contributed by atoms with Crippen molar-refractivity contribution in [2.75, 3.05) is 26.4 Å². The van der Waals surface area contributed by atoms with Crippen molar-refractivity contribution in [3.63, 3.8) is 0 Å². The van der Waals surface area contributed by atoms with Crippen molar-refractivity contribution in [1.29, 1.82) is 0 Å². The van der Waals surface area contributed by atoms with Gasteiger partial charge in [-0.25, -0.2) is 4.98 Å². The predicted molar refractivity (Wildman–Crippen MR) is 75.0 cm³/mol. The second-order valence-corrected chi connectivity index (χ2v) is 5.31. The largest absolute Gasteiger partial charge is 0.394 e. The number of hydrogen-bond acceptors (Lipinski definition) is 6. The van der Waals surface area contributed by atoms with Crippen LogP contribution in [0.1, 0.15) is 5.69 Å². The lowest BCUT2D eigenvalue weighted by atomic mass is 10.3. The van der Waals surface area contributed by atoms with Gasteiger partial charge in [-0.15, -0.1) is 11.3 Å². The minimum Gasteiger partial charge on any atom is -0.394 e. The van der Waals surface area contributed by atoms with Crippen molar-refractivity contribution in [2.45, 2.75) is 6.54 Å². The van der Waals surface area contributed by atoms with Gasteiger partial charge in [-0.05, 0) is 11.4 Å². The Labute approximate surface area is 114 Å². The van der Waals surface area contributed by atoms with Gasteiger partial charge in [-0.3, -0.25) is 0 Å². The van der Waals surface area contributed by atoms with Crippen LogP contribution in [0.5, 0.6) is 0 Å². The average Bonchev–Trinajstić information content (AvgIpc) is 3.03. The number of nitrogens with one attached hydrogen (secondary N) is 1. The van der Waals surface area contributed by atoms with E-state index in [4.69, 9.17) is 9.84 Å². The zero-order valence-corrected chi connectivity index (χ0v) is 11.6. The van der Waals surface area contributed by atoms with E-state index in [0.29, 0.717) is 13.2 Å². The Morgan fingerprint density at radius 1 is 1.33 bits per heavy atom. The highest BCUT2D eigenvalue weighted by atomic mass is 32.1. The van der Waals surface area contributed by atoms with Gasteiger partial charge in [-0.1, -0.05) is 0 Å². The third kappa shape index (κ3) is 4.15. The van der Waals surface area contributed by atoms with E-state index < -0.39 is 0 Å². The number of nitrogens with zero attached hydrogens (tertiary/aromatic N) is 1. The molecule has 0 aromatic carbocycles. The third-order valence-corrected chi connectivity index (χ3v) is 3.91. The lowest BCUT2D eigenvalue weighted by molar-refractivity contribution is 0.0937. The van der Waals surface area contributed by atoms with Crippen LogP contribution < -0.4 is 5.32 Å². The summed E-state index contributed by atoms with van der Waals surface area (Å²) in [6.07, 6.45) is 0. The van der Waals surface area contributed by atoms with Crippen LogP contribution in [0.15, 0.2) is 22.2 Å². The second-order valence-electron chi connectivity index (χ2n) is 3.67. The molecule has 0 aliphatic heterocycles. The number of aliphatic hydroxyl groups is 1. The zero-order chi connectivity index (χ0) is 12.6. The van der Waals surface area contributed by atoms with Crippen molar-refractivity contribution in [3.8, 4) is 10.6 Å². The number of ether oxygens (including phenoxy) is 1. The Kier molecular flexibility index (Phi) is 5.76. The molecule has 0 spiro atoms. The zero-order valence-electron chi connectivity index (χ0n) is 9.96. The molecular formula is C12H16N2O2S2. The number of hydrogen-bond donors (Lipinski definition) is 2. The minimum atomic E-state index is 0.0795. The summed E-state index contributed by atoms with van der Waals surface area (Å²) >= 11 is 3.36. The van der Waals surface area contributed by atoms with Crippen LogP contribution in [0.3, 0.4) is 0 Å². The smallest absolute Gasteiger partial charge is 0.124 e. The van der Waals surface area contributed by atoms with Crippen LogP contribution in [0.2, 0.25) is 0 Å². The van der Waals surface area contributed by atoms with Crippen molar-refractivity contribution in [2.24, 2.45) is 0 Å².